The van der Waals surface area contributed by atoms with Crippen LogP contribution < -0.4 is 5.73 Å². The summed E-state index contributed by atoms with van der Waals surface area (Å²) in [5, 5.41) is 2.14. The lowest BCUT2D eigenvalue weighted by Gasteiger charge is -1.90. The molecule has 0 radical (unpaired) electrons. The van der Waals surface area contributed by atoms with Gasteiger partial charge < -0.3 is 10.7 Å². The van der Waals surface area contributed by atoms with Crippen LogP contribution in [0.5, 0.6) is 0 Å². The minimum absolute atomic E-state index is 0.295. The van der Waals surface area contributed by atoms with E-state index in [0.717, 1.165) is 21.9 Å². The topological polar surface area (TPSA) is 67.6 Å². The van der Waals surface area contributed by atoms with E-state index in [2.05, 4.69) is 15.0 Å². The Kier molecular flexibility index (Phi) is 1.28. The second-order valence-electron chi connectivity index (χ2n) is 3.16. The average molecular weight is 184 g/mol. The average Bonchev–Trinajstić information content (AvgIpc) is 2.54. The van der Waals surface area contributed by atoms with Gasteiger partial charge in [0, 0.05) is 22.5 Å². The summed E-state index contributed by atoms with van der Waals surface area (Å²) in [7, 11) is 0. The first-order valence-electron chi connectivity index (χ1n) is 4.33. The standard InChI is InChI=1S/C10H8N4/c11-10-12-5-7-6-3-1-2-4-8(6)13-9(7)14-10/h1-5H,(H3,11,12,13,14). The van der Waals surface area contributed by atoms with Crippen LogP contribution in [0.3, 0.4) is 0 Å². The molecule has 4 heteroatoms. The van der Waals surface area contributed by atoms with Crippen molar-refractivity contribution >= 4 is 27.9 Å². The van der Waals surface area contributed by atoms with Gasteiger partial charge in [-0.05, 0) is 6.07 Å². The minimum atomic E-state index is 0.295. The molecule has 2 heterocycles. The fourth-order valence-corrected chi connectivity index (χ4v) is 1.64. The van der Waals surface area contributed by atoms with E-state index < -0.39 is 0 Å². The van der Waals surface area contributed by atoms with E-state index in [1.807, 2.05) is 24.3 Å². The largest absolute Gasteiger partial charge is 0.368 e. The van der Waals surface area contributed by atoms with Crippen LogP contribution in [0.4, 0.5) is 5.95 Å². The van der Waals surface area contributed by atoms with Crippen LogP contribution in [0.25, 0.3) is 21.9 Å². The smallest absolute Gasteiger partial charge is 0.221 e. The number of nitrogens with two attached hydrogens (primary N) is 1. The number of para-hydroxylation sites is 1. The van der Waals surface area contributed by atoms with Crippen LogP contribution in [0.15, 0.2) is 30.5 Å². The van der Waals surface area contributed by atoms with Gasteiger partial charge in [-0.25, -0.2) is 4.98 Å². The van der Waals surface area contributed by atoms with Crippen LogP contribution >= 0.6 is 0 Å². The molecule has 0 fully saturated rings. The number of benzene rings is 1. The van der Waals surface area contributed by atoms with Gasteiger partial charge in [0.15, 0.2) is 0 Å². The van der Waals surface area contributed by atoms with Gasteiger partial charge >= 0.3 is 0 Å². The molecule has 1 aromatic carbocycles. The van der Waals surface area contributed by atoms with Gasteiger partial charge in [0.1, 0.15) is 5.65 Å². The van der Waals surface area contributed by atoms with Crippen molar-refractivity contribution in [3.8, 4) is 0 Å². The Morgan fingerprint density at radius 3 is 2.93 bits per heavy atom. The number of aromatic amines is 1. The summed E-state index contributed by atoms with van der Waals surface area (Å²) in [5.74, 6) is 0.295. The van der Waals surface area contributed by atoms with E-state index in [1.165, 1.54) is 0 Å². The van der Waals surface area contributed by atoms with Gasteiger partial charge in [-0.1, -0.05) is 18.2 Å². The summed E-state index contributed by atoms with van der Waals surface area (Å²) in [6.07, 6.45) is 1.75. The van der Waals surface area contributed by atoms with Gasteiger partial charge in [0.05, 0.1) is 0 Å². The zero-order valence-corrected chi connectivity index (χ0v) is 7.36. The van der Waals surface area contributed by atoms with E-state index in [4.69, 9.17) is 5.73 Å². The number of nitrogen functional groups attached to an aromatic ring is 1. The number of aromatic nitrogens is 3. The Balaban J connectivity index is 2.57. The van der Waals surface area contributed by atoms with Crippen LogP contribution in [0, 0.1) is 0 Å². The van der Waals surface area contributed by atoms with Crippen molar-refractivity contribution in [2.45, 2.75) is 0 Å². The highest BCUT2D eigenvalue weighted by Gasteiger charge is 2.04. The molecule has 0 bridgehead atoms. The SMILES string of the molecule is Nc1ncc2c(n1)[nH]c1ccccc12. The van der Waals surface area contributed by atoms with E-state index >= 15 is 0 Å². The van der Waals surface area contributed by atoms with Gasteiger partial charge in [-0.15, -0.1) is 0 Å². The molecule has 0 spiro atoms. The summed E-state index contributed by atoms with van der Waals surface area (Å²) in [6, 6.07) is 8.02. The monoisotopic (exact) mass is 184 g/mol. The fraction of sp³-hybridized carbons (Fsp3) is 0. The fourth-order valence-electron chi connectivity index (χ4n) is 1.64. The van der Waals surface area contributed by atoms with Crippen LogP contribution in [0.1, 0.15) is 0 Å². The molecule has 3 rings (SSSR count). The highest BCUT2D eigenvalue weighted by molar-refractivity contribution is 6.05. The molecular formula is C10H8N4. The zero-order chi connectivity index (χ0) is 9.54. The predicted octanol–water partition coefficient (Wildman–Crippen LogP) is 1.69. The molecule has 0 aliphatic carbocycles. The highest BCUT2D eigenvalue weighted by atomic mass is 15.0. The molecule has 0 amide bonds. The molecule has 4 nitrogen and oxygen atoms in total. The zero-order valence-electron chi connectivity index (χ0n) is 7.36. The Morgan fingerprint density at radius 2 is 2.00 bits per heavy atom. The molecule has 0 unspecified atom stereocenters. The second kappa shape index (κ2) is 2.45. The Bertz CT molecular complexity index is 612. The van der Waals surface area contributed by atoms with Crippen molar-refractivity contribution < 1.29 is 0 Å². The molecule has 3 aromatic rings. The lowest BCUT2D eigenvalue weighted by Crippen LogP contribution is -1.92. The van der Waals surface area contributed by atoms with E-state index in [1.54, 1.807) is 6.20 Å². The van der Waals surface area contributed by atoms with E-state index in [-0.39, 0.29) is 0 Å². The molecule has 0 saturated carbocycles. The molecule has 0 aliphatic heterocycles. The number of hydrogen-bond donors (Lipinski definition) is 2. The van der Waals surface area contributed by atoms with Crippen molar-refractivity contribution in [2.24, 2.45) is 0 Å². The minimum Gasteiger partial charge on any atom is -0.368 e. The summed E-state index contributed by atoms with van der Waals surface area (Å²) in [6.45, 7) is 0. The third-order valence-electron chi connectivity index (χ3n) is 2.28. The maximum atomic E-state index is 5.50. The number of hydrogen-bond acceptors (Lipinski definition) is 3. The summed E-state index contributed by atoms with van der Waals surface area (Å²) in [5.41, 5.74) is 7.35. The molecule has 0 atom stereocenters. The van der Waals surface area contributed by atoms with Crippen molar-refractivity contribution in [3.05, 3.63) is 30.5 Å². The van der Waals surface area contributed by atoms with Crippen LogP contribution in [-0.4, -0.2) is 15.0 Å². The Hall–Kier alpha value is -2.10. The molecule has 0 saturated heterocycles. The van der Waals surface area contributed by atoms with Crippen LogP contribution in [-0.2, 0) is 0 Å². The first kappa shape index (κ1) is 7.32. The molecule has 3 N–H and O–H groups in total. The van der Waals surface area contributed by atoms with Crippen molar-refractivity contribution in [1.29, 1.82) is 0 Å². The molecular weight excluding hydrogens is 176 g/mol. The first-order valence-corrected chi connectivity index (χ1v) is 4.33. The maximum absolute atomic E-state index is 5.50. The Morgan fingerprint density at radius 1 is 1.14 bits per heavy atom. The third kappa shape index (κ3) is 0.877. The quantitative estimate of drug-likeness (QED) is 0.558. The second-order valence-corrected chi connectivity index (χ2v) is 3.16. The number of anilines is 1. The van der Waals surface area contributed by atoms with Gasteiger partial charge in [-0.3, -0.25) is 0 Å². The van der Waals surface area contributed by atoms with Gasteiger partial charge in [0.25, 0.3) is 0 Å². The number of rotatable bonds is 0. The molecule has 14 heavy (non-hydrogen) atoms. The third-order valence-corrected chi connectivity index (χ3v) is 2.28. The number of fused-ring (bicyclic) bond motifs is 3. The van der Waals surface area contributed by atoms with Crippen LogP contribution in [0.2, 0.25) is 0 Å². The lowest BCUT2D eigenvalue weighted by molar-refractivity contribution is 1.22. The highest BCUT2D eigenvalue weighted by Crippen LogP contribution is 2.22. The summed E-state index contributed by atoms with van der Waals surface area (Å²) >= 11 is 0. The Labute approximate surface area is 79.8 Å². The first-order chi connectivity index (χ1) is 6.84. The van der Waals surface area contributed by atoms with E-state index in [0.29, 0.717) is 5.95 Å². The molecule has 0 aliphatic rings. The van der Waals surface area contributed by atoms with Gasteiger partial charge in [0.2, 0.25) is 5.95 Å². The number of nitrogens with zero attached hydrogens (tertiary/aromatic N) is 2. The molecule has 2 aromatic heterocycles. The predicted molar refractivity (Wildman–Crippen MR) is 55.8 cm³/mol. The normalized spacial score (nSPS) is 11.1. The number of nitrogens with one attached hydrogen (secondary N) is 1. The van der Waals surface area contributed by atoms with Crippen molar-refractivity contribution in [1.82, 2.24) is 15.0 Å². The summed E-state index contributed by atoms with van der Waals surface area (Å²) in [4.78, 5) is 11.3. The van der Waals surface area contributed by atoms with Crippen molar-refractivity contribution in [3.63, 3.8) is 0 Å². The van der Waals surface area contributed by atoms with E-state index in [9.17, 15) is 0 Å². The molecule has 68 valence electrons. The number of H-pyrrole nitrogens is 1. The summed E-state index contributed by atoms with van der Waals surface area (Å²) < 4.78 is 0. The maximum Gasteiger partial charge on any atom is 0.221 e. The van der Waals surface area contributed by atoms with Gasteiger partial charge in [-0.2, -0.15) is 4.98 Å². The lowest BCUT2D eigenvalue weighted by atomic mass is 10.2. The van der Waals surface area contributed by atoms with Crippen molar-refractivity contribution in [2.75, 3.05) is 5.73 Å².